The molecule has 1 aromatic heterocycles. The number of carbonyl (C=O) groups excluding carboxylic acids is 1. The quantitative estimate of drug-likeness (QED) is 0.610. The summed E-state index contributed by atoms with van der Waals surface area (Å²) in [6.07, 6.45) is 2.40. The van der Waals surface area contributed by atoms with Gasteiger partial charge in [-0.3, -0.25) is 4.79 Å². The Bertz CT molecular complexity index is 318. The highest BCUT2D eigenvalue weighted by Gasteiger charge is 2.10. The standard InChI is InChI=1S/C6H7N3O3/c7-5(10)2-9-3-8-1-4(9)6(11)12/h1,3H,2H2,(H2,7,10)(H,11,12). The number of aromatic carboxylic acids is 1. The zero-order valence-electron chi connectivity index (χ0n) is 6.10. The summed E-state index contributed by atoms with van der Waals surface area (Å²) in [5, 5.41) is 8.55. The van der Waals surface area contributed by atoms with Crippen LogP contribution in [-0.2, 0) is 11.3 Å². The molecule has 0 atom stereocenters. The lowest BCUT2D eigenvalue weighted by Crippen LogP contribution is -2.20. The molecule has 0 fully saturated rings. The molecule has 0 radical (unpaired) electrons. The van der Waals surface area contributed by atoms with Crippen LogP contribution >= 0.6 is 0 Å². The molecule has 6 heteroatoms. The molecule has 3 N–H and O–H groups in total. The number of imidazole rings is 1. The Morgan fingerprint density at radius 3 is 2.83 bits per heavy atom. The van der Waals surface area contributed by atoms with E-state index >= 15 is 0 Å². The Balaban J connectivity index is 2.91. The first-order chi connectivity index (χ1) is 5.61. The van der Waals surface area contributed by atoms with E-state index in [0.29, 0.717) is 0 Å². The monoisotopic (exact) mass is 169 g/mol. The number of nitrogens with zero attached hydrogens (tertiary/aromatic N) is 2. The molecule has 0 bridgehead atoms. The molecule has 1 heterocycles. The van der Waals surface area contributed by atoms with Crippen LogP contribution in [0.5, 0.6) is 0 Å². The highest BCUT2D eigenvalue weighted by Crippen LogP contribution is 1.97. The average Bonchev–Trinajstić information content (AvgIpc) is 2.33. The second kappa shape index (κ2) is 3.04. The largest absolute Gasteiger partial charge is 0.477 e. The summed E-state index contributed by atoms with van der Waals surface area (Å²) in [4.78, 5) is 24.4. The van der Waals surface area contributed by atoms with Crippen molar-refractivity contribution in [3.05, 3.63) is 18.2 Å². The Labute approximate surface area is 67.6 Å². The van der Waals surface area contributed by atoms with Crippen molar-refractivity contribution in [2.24, 2.45) is 5.73 Å². The number of primary amides is 1. The van der Waals surface area contributed by atoms with Gasteiger partial charge in [0, 0.05) is 0 Å². The summed E-state index contributed by atoms with van der Waals surface area (Å²) >= 11 is 0. The molecule has 6 nitrogen and oxygen atoms in total. The van der Waals surface area contributed by atoms with Crippen LogP contribution in [-0.4, -0.2) is 26.5 Å². The Hall–Kier alpha value is -1.85. The van der Waals surface area contributed by atoms with Crippen LogP contribution in [0.4, 0.5) is 0 Å². The molecule has 12 heavy (non-hydrogen) atoms. The van der Waals surface area contributed by atoms with Crippen LogP contribution < -0.4 is 5.73 Å². The number of hydrogen-bond donors (Lipinski definition) is 2. The predicted octanol–water partition coefficient (Wildman–Crippen LogP) is -0.933. The number of hydrogen-bond acceptors (Lipinski definition) is 3. The maximum Gasteiger partial charge on any atom is 0.354 e. The van der Waals surface area contributed by atoms with Crippen molar-refractivity contribution in [1.29, 1.82) is 0 Å². The first-order valence-electron chi connectivity index (χ1n) is 3.13. The molecule has 64 valence electrons. The maximum absolute atomic E-state index is 10.5. The topological polar surface area (TPSA) is 98.2 Å². The van der Waals surface area contributed by atoms with E-state index in [0.717, 1.165) is 6.20 Å². The number of nitrogens with two attached hydrogens (primary N) is 1. The molecule has 0 aliphatic heterocycles. The van der Waals surface area contributed by atoms with Gasteiger partial charge in [0.2, 0.25) is 5.91 Å². The van der Waals surface area contributed by atoms with Gasteiger partial charge < -0.3 is 15.4 Å². The zero-order chi connectivity index (χ0) is 9.14. The van der Waals surface area contributed by atoms with Crippen LogP contribution in [0.1, 0.15) is 10.5 Å². The van der Waals surface area contributed by atoms with Crippen LogP contribution in [0.15, 0.2) is 12.5 Å². The fourth-order valence-corrected chi connectivity index (χ4v) is 0.793. The van der Waals surface area contributed by atoms with Crippen molar-refractivity contribution in [2.75, 3.05) is 0 Å². The minimum atomic E-state index is -1.13. The van der Waals surface area contributed by atoms with Crippen molar-refractivity contribution in [3.8, 4) is 0 Å². The highest BCUT2D eigenvalue weighted by atomic mass is 16.4. The molecule has 0 saturated carbocycles. The van der Waals surface area contributed by atoms with Gasteiger partial charge in [0.15, 0.2) is 0 Å². The third-order valence-corrected chi connectivity index (χ3v) is 1.26. The molecule has 0 aliphatic rings. The van der Waals surface area contributed by atoms with Crippen molar-refractivity contribution in [1.82, 2.24) is 9.55 Å². The SMILES string of the molecule is NC(=O)Cn1cncc1C(=O)O. The molecule has 0 aliphatic carbocycles. The summed E-state index contributed by atoms with van der Waals surface area (Å²) in [5.41, 5.74) is 4.82. The normalized spacial score (nSPS) is 9.67. The lowest BCUT2D eigenvalue weighted by atomic mass is 10.4. The molecular formula is C6H7N3O3. The van der Waals surface area contributed by atoms with Crippen LogP contribution in [0.2, 0.25) is 0 Å². The predicted molar refractivity (Wildman–Crippen MR) is 38.4 cm³/mol. The smallest absolute Gasteiger partial charge is 0.354 e. The third-order valence-electron chi connectivity index (χ3n) is 1.26. The second-order valence-corrected chi connectivity index (χ2v) is 2.18. The van der Waals surface area contributed by atoms with Crippen LogP contribution in [0.25, 0.3) is 0 Å². The molecule has 0 aromatic carbocycles. The van der Waals surface area contributed by atoms with Crippen molar-refractivity contribution in [3.63, 3.8) is 0 Å². The lowest BCUT2D eigenvalue weighted by molar-refractivity contribution is -0.118. The number of carbonyl (C=O) groups is 2. The van der Waals surface area contributed by atoms with Crippen LogP contribution in [0, 0.1) is 0 Å². The van der Waals surface area contributed by atoms with Crippen LogP contribution in [0.3, 0.4) is 0 Å². The maximum atomic E-state index is 10.5. The number of carboxylic acid groups (broad SMARTS) is 1. The van der Waals surface area contributed by atoms with Gasteiger partial charge in [-0.1, -0.05) is 0 Å². The van der Waals surface area contributed by atoms with E-state index in [1.807, 2.05) is 0 Å². The summed E-state index contributed by atoms with van der Waals surface area (Å²) < 4.78 is 1.17. The van der Waals surface area contributed by atoms with Gasteiger partial charge in [-0.2, -0.15) is 0 Å². The summed E-state index contributed by atoms with van der Waals surface area (Å²) in [6, 6.07) is 0. The number of amides is 1. The minimum Gasteiger partial charge on any atom is -0.477 e. The molecule has 0 spiro atoms. The molecule has 1 amide bonds. The second-order valence-electron chi connectivity index (χ2n) is 2.18. The van der Waals surface area contributed by atoms with Gasteiger partial charge in [-0.05, 0) is 0 Å². The molecular weight excluding hydrogens is 162 g/mol. The van der Waals surface area contributed by atoms with E-state index in [1.165, 1.54) is 10.9 Å². The highest BCUT2D eigenvalue weighted by molar-refractivity contribution is 5.86. The van der Waals surface area contributed by atoms with Gasteiger partial charge >= 0.3 is 5.97 Å². The fourth-order valence-electron chi connectivity index (χ4n) is 0.793. The summed E-state index contributed by atoms with van der Waals surface area (Å²) in [6.45, 7) is -0.165. The van der Waals surface area contributed by atoms with Gasteiger partial charge in [0.05, 0.1) is 12.5 Å². The lowest BCUT2D eigenvalue weighted by Gasteiger charge is -1.99. The van der Waals surface area contributed by atoms with E-state index < -0.39 is 11.9 Å². The number of rotatable bonds is 3. The Morgan fingerprint density at radius 1 is 1.67 bits per heavy atom. The van der Waals surface area contributed by atoms with Gasteiger partial charge in [0.25, 0.3) is 0 Å². The zero-order valence-corrected chi connectivity index (χ0v) is 6.10. The number of carboxylic acids is 1. The molecule has 0 saturated heterocycles. The number of aromatic nitrogens is 2. The first-order valence-corrected chi connectivity index (χ1v) is 3.13. The Morgan fingerprint density at radius 2 is 2.33 bits per heavy atom. The fraction of sp³-hybridized carbons (Fsp3) is 0.167. The van der Waals surface area contributed by atoms with E-state index in [4.69, 9.17) is 10.8 Å². The van der Waals surface area contributed by atoms with E-state index in [9.17, 15) is 9.59 Å². The minimum absolute atomic E-state index is 0.0474. The summed E-state index contributed by atoms with van der Waals surface area (Å²) in [7, 11) is 0. The van der Waals surface area contributed by atoms with Crippen molar-refractivity contribution >= 4 is 11.9 Å². The molecule has 0 unspecified atom stereocenters. The van der Waals surface area contributed by atoms with E-state index in [1.54, 1.807) is 0 Å². The molecule has 1 rings (SSSR count). The third kappa shape index (κ3) is 1.60. The Kier molecular flexibility index (Phi) is 2.09. The van der Waals surface area contributed by atoms with E-state index in [-0.39, 0.29) is 12.2 Å². The summed E-state index contributed by atoms with van der Waals surface area (Å²) in [5.74, 6) is -1.73. The average molecular weight is 169 g/mol. The van der Waals surface area contributed by atoms with Gasteiger partial charge in [-0.15, -0.1) is 0 Å². The van der Waals surface area contributed by atoms with E-state index in [2.05, 4.69) is 4.98 Å². The molecule has 1 aromatic rings. The first kappa shape index (κ1) is 8.25. The van der Waals surface area contributed by atoms with Crippen molar-refractivity contribution in [2.45, 2.75) is 6.54 Å². The van der Waals surface area contributed by atoms with Gasteiger partial charge in [0.1, 0.15) is 12.2 Å². The van der Waals surface area contributed by atoms with Crippen molar-refractivity contribution < 1.29 is 14.7 Å². The van der Waals surface area contributed by atoms with Gasteiger partial charge in [-0.25, -0.2) is 9.78 Å².